The van der Waals surface area contributed by atoms with Gasteiger partial charge in [-0.3, -0.25) is 19.9 Å². The van der Waals surface area contributed by atoms with E-state index in [1.165, 1.54) is 50.2 Å². The number of para-hydroxylation sites is 2. The van der Waals surface area contributed by atoms with Crippen molar-refractivity contribution in [1.29, 1.82) is 0 Å². The molecular formula is C35H22N8O2RuS2. The quantitative estimate of drug-likeness (QED) is 0.0918. The molecule has 0 saturated heterocycles. The molecule has 13 heteroatoms. The molecule has 2 aromatic carbocycles. The molecule has 6 aromatic heterocycles. The van der Waals surface area contributed by atoms with Gasteiger partial charge in [-0.2, -0.15) is 10.3 Å². The first-order chi connectivity index (χ1) is 23.0. The van der Waals surface area contributed by atoms with Crippen LogP contribution in [0.15, 0.2) is 116 Å². The number of hydrogen-bond donors (Lipinski definition) is 3. The number of carbonyl (C=O) groups is 1. The minimum absolute atomic E-state index is 0. The summed E-state index contributed by atoms with van der Waals surface area (Å²) in [6, 6.07) is 29.3. The van der Waals surface area contributed by atoms with Gasteiger partial charge in [0.05, 0.1) is 51.8 Å². The van der Waals surface area contributed by atoms with E-state index in [1.54, 1.807) is 18.3 Å². The topological polar surface area (TPSA) is 165 Å². The number of benzene rings is 2. The van der Waals surface area contributed by atoms with E-state index in [0.29, 0.717) is 11.4 Å². The summed E-state index contributed by atoms with van der Waals surface area (Å²) >= 11 is 7.40. The van der Waals surface area contributed by atoms with Gasteiger partial charge in [-0.15, -0.1) is 0 Å². The SMILES string of the molecule is O=C(O)c1ccnc(-c2ccccn2)c1.[N-]=C=S.[N-]=C=S.[Ru+2].c1ccc2c(c1)[nH]c1cnc(-c3cc4c(cn3)[nH]c3ccccc34)cc12. The Morgan fingerprint density at radius 3 is 1.52 bits per heavy atom. The van der Waals surface area contributed by atoms with Crippen LogP contribution in [0.3, 0.4) is 0 Å². The van der Waals surface area contributed by atoms with Crippen LogP contribution in [0.1, 0.15) is 10.4 Å². The van der Waals surface area contributed by atoms with Gasteiger partial charge in [0.2, 0.25) is 0 Å². The normalized spacial score (nSPS) is 9.83. The molecule has 0 aliphatic rings. The van der Waals surface area contributed by atoms with Crippen molar-refractivity contribution in [2.75, 3.05) is 0 Å². The minimum atomic E-state index is -0.963. The zero-order valence-electron chi connectivity index (χ0n) is 24.7. The van der Waals surface area contributed by atoms with Gasteiger partial charge in [0.1, 0.15) is 0 Å². The monoisotopic (exact) mass is 752 g/mol. The van der Waals surface area contributed by atoms with Crippen molar-refractivity contribution in [1.82, 2.24) is 29.9 Å². The summed E-state index contributed by atoms with van der Waals surface area (Å²) in [5.74, 6) is -0.963. The van der Waals surface area contributed by atoms with Gasteiger partial charge in [-0.25, -0.2) is 4.79 Å². The minimum Gasteiger partial charge on any atom is -0.753 e. The van der Waals surface area contributed by atoms with E-state index in [2.05, 4.69) is 103 Å². The Kier molecular flexibility index (Phi) is 12.3. The van der Waals surface area contributed by atoms with Crippen LogP contribution in [-0.2, 0) is 19.5 Å². The van der Waals surface area contributed by atoms with E-state index in [0.717, 1.165) is 33.5 Å². The van der Waals surface area contributed by atoms with Gasteiger partial charge in [0, 0.05) is 45.0 Å². The number of aromatic nitrogens is 6. The van der Waals surface area contributed by atoms with E-state index in [9.17, 15) is 4.79 Å². The van der Waals surface area contributed by atoms with Crippen molar-refractivity contribution < 1.29 is 29.4 Å². The Balaban J connectivity index is 0.000000202. The number of thiocarbonyl (C=S) groups is 2. The van der Waals surface area contributed by atoms with Crippen LogP contribution < -0.4 is 0 Å². The van der Waals surface area contributed by atoms with Gasteiger partial charge in [0.25, 0.3) is 0 Å². The maximum absolute atomic E-state index is 10.7. The van der Waals surface area contributed by atoms with Crippen molar-refractivity contribution in [3.05, 3.63) is 132 Å². The van der Waals surface area contributed by atoms with Crippen LogP contribution in [0.5, 0.6) is 0 Å². The van der Waals surface area contributed by atoms with Gasteiger partial charge >= 0.3 is 25.4 Å². The summed E-state index contributed by atoms with van der Waals surface area (Å²) in [6.45, 7) is 0. The Morgan fingerprint density at radius 2 is 1.04 bits per heavy atom. The molecule has 0 radical (unpaired) electrons. The summed E-state index contributed by atoms with van der Waals surface area (Å²) in [6.07, 6.45) is 6.90. The zero-order valence-corrected chi connectivity index (χ0v) is 28.0. The molecule has 0 amide bonds. The second-order valence-electron chi connectivity index (χ2n) is 9.70. The van der Waals surface area contributed by atoms with Crippen LogP contribution in [0.25, 0.3) is 77.2 Å². The Hall–Kier alpha value is -5.67. The number of carboxylic acids is 1. The zero-order chi connectivity index (χ0) is 33.2. The van der Waals surface area contributed by atoms with Crippen molar-refractivity contribution in [2.45, 2.75) is 0 Å². The average Bonchev–Trinajstić information content (AvgIpc) is 3.67. The molecule has 0 fully saturated rings. The molecule has 3 N–H and O–H groups in total. The molecule has 234 valence electrons. The number of rotatable bonds is 3. The maximum Gasteiger partial charge on any atom is 2.00 e. The van der Waals surface area contributed by atoms with Crippen molar-refractivity contribution in [3.63, 3.8) is 0 Å². The second-order valence-corrected chi connectivity index (χ2v) is 10.1. The molecule has 0 aliphatic carbocycles. The largest absolute Gasteiger partial charge is 2.00 e. The predicted octanol–water partition coefficient (Wildman–Crippen LogP) is 8.57. The molecule has 0 unspecified atom stereocenters. The number of H-pyrrole nitrogens is 2. The smallest absolute Gasteiger partial charge is 0.753 e. The van der Waals surface area contributed by atoms with Gasteiger partial charge in [0.15, 0.2) is 0 Å². The average molecular weight is 752 g/mol. The summed E-state index contributed by atoms with van der Waals surface area (Å²) < 4.78 is 0. The number of nitrogens with one attached hydrogen (secondary N) is 2. The van der Waals surface area contributed by atoms with Gasteiger partial charge in [-0.05, 0) is 48.5 Å². The number of aromatic amines is 2. The third-order valence-electron chi connectivity index (χ3n) is 6.98. The van der Waals surface area contributed by atoms with Gasteiger partial charge in [-0.1, -0.05) is 66.9 Å². The van der Waals surface area contributed by atoms with Crippen LogP contribution >= 0.6 is 24.4 Å². The second kappa shape index (κ2) is 16.8. The van der Waals surface area contributed by atoms with Crippen molar-refractivity contribution in [3.8, 4) is 22.8 Å². The molecule has 0 spiro atoms. The van der Waals surface area contributed by atoms with Gasteiger partial charge < -0.3 is 25.9 Å². The first kappa shape index (κ1) is 35.2. The molecule has 0 saturated carbocycles. The third kappa shape index (κ3) is 8.00. The molecular weight excluding hydrogens is 730 g/mol. The van der Waals surface area contributed by atoms with Crippen LogP contribution in [0.4, 0.5) is 0 Å². The van der Waals surface area contributed by atoms with Crippen molar-refractivity contribution >= 4 is 84.3 Å². The Morgan fingerprint density at radius 1 is 0.583 bits per heavy atom. The number of pyridine rings is 4. The fourth-order valence-electron chi connectivity index (χ4n) is 5.00. The number of aromatic carboxylic acids is 1. The first-order valence-corrected chi connectivity index (χ1v) is 14.7. The van der Waals surface area contributed by atoms with Crippen LogP contribution in [0.2, 0.25) is 0 Å². The van der Waals surface area contributed by atoms with E-state index in [1.807, 2.05) is 30.6 Å². The molecule has 8 aromatic rings. The molecule has 10 nitrogen and oxygen atoms in total. The van der Waals surface area contributed by atoms with E-state index in [-0.39, 0.29) is 25.0 Å². The molecule has 8 rings (SSSR count). The van der Waals surface area contributed by atoms with Crippen LogP contribution in [0, 0.1) is 0 Å². The van der Waals surface area contributed by atoms with Crippen molar-refractivity contribution in [2.24, 2.45) is 0 Å². The molecule has 6 heterocycles. The number of isothiocyanates is 2. The van der Waals surface area contributed by atoms with E-state index >= 15 is 0 Å². The van der Waals surface area contributed by atoms with E-state index < -0.39 is 5.97 Å². The number of nitrogens with zero attached hydrogens (tertiary/aromatic N) is 6. The molecule has 48 heavy (non-hydrogen) atoms. The maximum atomic E-state index is 10.7. The summed E-state index contributed by atoms with van der Waals surface area (Å²) in [4.78, 5) is 35.0. The van der Waals surface area contributed by atoms with Crippen LogP contribution in [-0.4, -0.2) is 51.3 Å². The summed E-state index contributed by atoms with van der Waals surface area (Å²) in [5, 5.41) is 30.5. The Bertz CT molecular complexity index is 2290. The standard InChI is InChI=1S/C22H14N4.C11H8N2O2.2CNS.Ru/c1-3-7-17-13(5-1)15-9-19(23-11-21(15)25-17)20-10-16-14-6-2-4-8-18(14)26-22(16)12-24-20;14-11(15)8-4-6-13-10(7-8)9-3-1-2-5-12-9;2*2-1-3;/h1-12,25-26H;1-7H,(H,14,15);;;/q;;2*-1;+2. The molecule has 0 bridgehead atoms. The third-order valence-corrected chi connectivity index (χ3v) is 6.98. The fourth-order valence-corrected chi connectivity index (χ4v) is 5.00. The van der Waals surface area contributed by atoms with E-state index in [4.69, 9.17) is 15.9 Å². The number of hydrogen-bond acceptors (Lipinski definition) is 7. The summed E-state index contributed by atoms with van der Waals surface area (Å²) in [7, 11) is 0. The number of fused-ring (bicyclic) bond motifs is 6. The predicted molar refractivity (Wildman–Crippen MR) is 193 cm³/mol. The summed E-state index contributed by atoms with van der Waals surface area (Å²) in [5.41, 5.74) is 7.56. The molecule has 0 aliphatic heterocycles. The number of carboxylic acid groups (broad SMARTS) is 1. The fraction of sp³-hybridized carbons (Fsp3) is 0. The first-order valence-electron chi connectivity index (χ1n) is 13.8. The Labute approximate surface area is 297 Å². The molecule has 0 atom stereocenters.